The van der Waals surface area contributed by atoms with Crippen molar-refractivity contribution in [3.05, 3.63) is 33.8 Å². The van der Waals surface area contributed by atoms with Crippen molar-refractivity contribution in [2.24, 2.45) is 0 Å². The zero-order chi connectivity index (χ0) is 14.7. The van der Waals surface area contributed by atoms with E-state index in [1.165, 1.54) is 14.2 Å². The van der Waals surface area contributed by atoms with Crippen molar-refractivity contribution in [1.29, 1.82) is 0 Å². The number of methoxy groups -OCH3 is 2. The second-order valence-corrected chi connectivity index (χ2v) is 5.00. The summed E-state index contributed by atoms with van der Waals surface area (Å²) in [5, 5.41) is 0. The molecule has 1 heterocycles. The number of rotatable bonds is 4. The zero-order valence-corrected chi connectivity index (χ0v) is 13.3. The molecule has 106 valence electrons. The Balaban J connectivity index is 2.34. The summed E-state index contributed by atoms with van der Waals surface area (Å²) >= 11 is 3.52. The molecule has 1 aromatic heterocycles. The second-order valence-electron chi connectivity index (χ2n) is 4.21. The molecule has 0 saturated heterocycles. The van der Waals surface area contributed by atoms with E-state index in [4.69, 9.17) is 14.2 Å². The molecule has 0 aliphatic carbocycles. The van der Waals surface area contributed by atoms with Crippen molar-refractivity contribution >= 4 is 15.9 Å². The molecule has 0 atom stereocenters. The summed E-state index contributed by atoms with van der Waals surface area (Å²) in [5.41, 5.74) is 2.16. The Labute approximate surface area is 126 Å². The third kappa shape index (κ3) is 3.19. The molecule has 1 aromatic carbocycles. The van der Waals surface area contributed by atoms with Crippen LogP contribution in [0.3, 0.4) is 0 Å². The molecule has 0 unspecified atom stereocenters. The molecule has 0 N–H and O–H groups in total. The standard InChI is InChI=1S/C14H15BrN2O3/c1-8-5-10(6-9(2)13(8)15)20-14-16-11(18-3)7-12(17-14)19-4/h5-7H,1-4H3. The number of hydrogen-bond donors (Lipinski definition) is 0. The molecular weight excluding hydrogens is 324 g/mol. The molecule has 0 fully saturated rings. The molecule has 2 aromatic rings. The summed E-state index contributed by atoms with van der Waals surface area (Å²) in [4.78, 5) is 8.26. The number of halogens is 1. The van der Waals surface area contributed by atoms with Crippen molar-refractivity contribution in [2.45, 2.75) is 13.8 Å². The Bertz CT molecular complexity index is 587. The number of benzene rings is 1. The van der Waals surface area contributed by atoms with Gasteiger partial charge in [0.15, 0.2) is 0 Å². The maximum atomic E-state index is 5.68. The van der Waals surface area contributed by atoms with Crippen LogP contribution in [0.4, 0.5) is 0 Å². The van der Waals surface area contributed by atoms with E-state index < -0.39 is 0 Å². The van der Waals surface area contributed by atoms with Crippen molar-refractivity contribution < 1.29 is 14.2 Å². The molecule has 5 nitrogen and oxygen atoms in total. The predicted molar refractivity (Wildman–Crippen MR) is 78.8 cm³/mol. The first-order valence-electron chi connectivity index (χ1n) is 5.95. The molecule has 0 aliphatic rings. The Morgan fingerprint density at radius 2 is 1.40 bits per heavy atom. The lowest BCUT2D eigenvalue weighted by molar-refractivity contribution is 0.348. The van der Waals surface area contributed by atoms with Gasteiger partial charge in [-0.15, -0.1) is 0 Å². The van der Waals surface area contributed by atoms with E-state index in [0.717, 1.165) is 15.6 Å². The lowest BCUT2D eigenvalue weighted by atomic mass is 10.1. The highest BCUT2D eigenvalue weighted by atomic mass is 79.9. The van der Waals surface area contributed by atoms with Gasteiger partial charge in [0.25, 0.3) is 0 Å². The maximum Gasteiger partial charge on any atom is 0.328 e. The summed E-state index contributed by atoms with van der Waals surface area (Å²) < 4.78 is 16.9. The van der Waals surface area contributed by atoms with E-state index in [9.17, 15) is 0 Å². The molecule has 0 aliphatic heterocycles. The average molecular weight is 339 g/mol. The molecule has 0 radical (unpaired) electrons. The molecule has 0 amide bonds. The first-order valence-corrected chi connectivity index (χ1v) is 6.74. The highest BCUT2D eigenvalue weighted by Gasteiger charge is 2.09. The lowest BCUT2D eigenvalue weighted by Gasteiger charge is -2.10. The smallest absolute Gasteiger partial charge is 0.328 e. The van der Waals surface area contributed by atoms with Crippen LogP contribution < -0.4 is 14.2 Å². The van der Waals surface area contributed by atoms with Gasteiger partial charge in [0.2, 0.25) is 11.8 Å². The van der Waals surface area contributed by atoms with Crippen molar-refractivity contribution in [2.75, 3.05) is 14.2 Å². The summed E-state index contributed by atoms with van der Waals surface area (Å²) in [7, 11) is 3.05. The number of nitrogens with zero attached hydrogens (tertiary/aromatic N) is 2. The topological polar surface area (TPSA) is 53.5 Å². The van der Waals surface area contributed by atoms with Gasteiger partial charge in [0.05, 0.1) is 20.3 Å². The fraction of sp³-hybridized carbons (Fsp3) is 0.286. The predicted octanol–water partition coefficient (Wildman–Crippen LogP) is 3.67. The van der Waals surface area contributed by atoms with Gasteiger partial charge in [-0.2, -0.15) is 9.97 Å². The average Bonchev–Trinajstić information content (AvgIpc) is 2.44. The Morgan fingerprint density at radius 1 is 0.900 bits per heavy atom. The first kappa shape index (κ1) is 14.6. The van der Waals surface area contributed by atoms with Crippen LogP contribution in [-0.2, 0) is 0 Å². The quantitative estimate of drug-likeness (QED) is 0.851. The molecule has 20 heavy (non-hydrogen) atoms. The largest absolute Gasteiger partial charge is 0.481 e. The number of aromatic nitrogens is 2. The van der Waals surface area contributed by atoms with Crippen LogP contribution in [0.1, 0.15) is 11.1 Å². The molecule has 0 bridgehead atoms. The van der Waals surface area contributed by atoms with Gasteiger partial charge in [-0.1, -0.05) is 15.9 Å². The third-order valence-electron chi connectivity index (χ3n) is 2.70. The van der Waals surface area contributed by atoms with E-state index in [1.807, 2.05) is 26.0 Å². The molecule has 0 spiro atoms. The van der Waals surface area contributed by atoms with Gasteiger partial charge in [-0.05, 0) is 37.1 Å². The van der Waals surface area contributed by atoms with E-state index in [1.54, 1.807) is 6.07 Å². The molecular formula is C14H15BrN2O3. The van der Waals surface area contributed by atoms with Gasteiger partial charge in [0, 0.05) is 4.47 Å². The number of hydrogen-bond acceptors (Lipinski definition) is 5. The van der Waals surface area contributed by atoms with Gasteiger partial charge in [0.1, 0.15) is 5.75 Å². The Morgan fingerprint density at radius 3 is 1.85 bits per heavy atom. The number of ether oxygens (including phenoxy) is 3. The lowest BCUT2D eigenvalue weighted by Crippen LogP contribution is -1.98. The Kier molecular flexibility index (Phi) is 4.44. The third-order valence-corrected chi connectivity index (χ3v) is 3.95. The molecule has 0 saturated carbocycles. The van der Waals surface area contributed by atoms with Crippen LogP contribution in [0, 0.1) is 13.8 Å². The molecule has 6 heteroatoms. The minimum absolute atomic E-state index is 0.183. The summed E-state index contributed by atoms with van der Waals surface area (Å²) in [6, 6.07) is 5.59. The van der Waals surface area contributed by atoms with Crippen LogP contribution >= 0.6 is 15.9 Å². The van der Waals surface area contributed by atoms with Crippen LogP contribution in [-0.4, -0.2) is 24.2 Å². The minimum atomic E-state index is 0.183. The summed E-state index contributed by atoms with van der Waals surface area (Å²) in [5.74, 6) is 1.44. The van der Waals surface area contributed by atoms with Crippen molar-refractivity contribution in [3.63, 3.8) is 0 Å². The zero-order valence-electron chi connectivity index (χ0n) is 11.7. The monoisotopic (exact) mass is 338 g/mol. The fourth-order valence-corrected chi connectivity index (χ4v) is 1.94. The van der Waals surface area contributed by atoms with Gasteiger partial charge in [-0.25, -0.2) is 0 Å². The van der Waals surface area contributed by atoms with E-state index in [2.05, 4.69) is 25.9 Å². The SMILES string of the molecule is COc1cc(OC)nc(Oc2cc(C)c(Br)c(C)c2)n1. The van der Waals surface area contributed by atoms with Crippen LogP contribution in [0.15, 0.2) is 22.7 Å². The van der Waals surface area contributed by atoms with Gasteiger partial charge >= 0.3 is 6.01 Å². The van der Waals surface area contributed by atoms with E-state index >= 15 is 0 Å². The highest BCUT2D eigenvalue weighted by molar-refractivity contribution is 9.10. The Hall–Kier alpha value is -1.82. The van der Waals surface area contributed by atoms with Crippen LogP contribution in [0.5, 0.6) is 23.5 Å². The maximum absolute atomic E-state index is 5.68. The normalized spacial score (nSPS) is 10.2. The molecule has 2 rings (SSSR count). The summed E-state index contributed by atoms with van der Waals surface area (Å²) in [6.07, 6.45) is 0. The second kappa shape index (κ2) is 6.09. The van der Waals surface area contributed by atoms with Crippen molar-refractivity contribution in [3.8, 4) is 23.5 Å². The van der Waals surface area contributed by atoms with Crippen LogP contribution in [0.2, 0.25) is 0 Å². The minimum Gasteiger partial charge on any atom is -0.481 e. The van der Waals surface area contributed by atoms with Gasteiger partial charge in [-0.3, -0.25) is 0 Å². The summed E-state index contributed by atoms with van der Waals surface area (Å²) in [6.45, 7) is 3.99. The highest BCUT2D eigenvalue weighted by Crippen LogP contribution is 2.29. The first-order chi connectivity index (χ1) is 9.53. The van der Waals surface area contributed by atoms with Gasteiger partial charge < -0.3 is 14.2 Å². The van der Waals surface area contributed by atoms with Crippen molar-refractivity contribution in [1.82, 2.24) is 9.97 Å². The van der Waals surface area contributed by atoms with E-state index in [-0.39, 0.29) is 6.01 Å². The van der Waals surface area contributed by atoms with Crippen LogP contribution in [0.25, 0.3) is 0 Å². The number of aryl methyl sites for hydroxylation is 2. The fourth-order valence-electron chi connectivity index (χ4n) is 1.71. The van der Waals surface area contributed by atoms with E-state index in [0.29, 0.717) is 17.5 Å².